The average Bonchev–Trinajstić information content (AvgIpc) is 3.06. The number of carbonyl (C=O) groups excluding carboxylic acids is 1. The van der Waals surface area contributed by atoms with E-state index < -0.39 is 0 Å². The van der Waals surface area contributed by atoms with Gasteiger partial charge in [0, 0.05) is 23.7 Å². The van der Waals surface area contributed by atoms with E-state index in [9.17, 15) is 4.79 Å². The van der Waals surface area contributed by atoms with Gasteiger partial charge in [-0.3, -0.25) is 4.79 Å². The lowest BCUT2D eigenvalue weighted by Crippen LogP contribution is -2.25. The number of hydrogen-bond acceptors (Lipinski definition) is 6. The second kappa shape index (κ2) is 8.44. The molecule has 6 nitrogen and oxygen atoms in total. The van der Waals surface area contributed by atoms with Crippen molar-refractivity contribution in [3.05, 3.63) is 64.2 Å². The molecule has 0 radical (unpaired) electrons. The molecule has 2 aromatic heterocycles. The maximum absolute atomic E-state index is 12.1. The number of ether oxygens (including phenoxy) is 2. The lowest BCUT2D eigenvalue weighted by atomic mass is 10.2. The Balaban J connectivity index is 1.66. The third-order valence-corrected chi connectivity index (χ3v) is 4.43. The molecule has 134 valence electrons. The van der Waals surface area contributed by atoms with Crippen LogP contribution in [0.15, 0.2) is 48.0 Å². The predicted molar refractivity (Wildman–Crippen MR) is 99.7 cm³/mol. The van der Waals surface area contributed by atoms with Gasteiger partial charge in [-0.25, -0.2) is 9.97 Å². The molecular formula is C19H19N3O3S. The highest BCUT2D eigenvalue weighted by Crippen LogP contribution is 2.31. The van der Waals surface area contributed by atoms with E-state index in [1.54, 1.807) is 25.4 Å². The van der Waals surface area contributed by atoms with Crippen molar-refractivity contribution in [2.45, 2.75) is 19.9 Å². The summed E-state index contributed by atoms with van der Waals surface area (Å²) in [4.78, 5) is 20.7. The molecule has 1 N–H and O–H groups in total. The summed E-state index contributed by atoms with van der Waals surface area (Å²) < 4.78 is 11.2. The van der Waals surface area contributed by atoms with E-state index in [2.05, 4.69) is 15.3 Å². The number of aryl methyl sites for hydroxylation is 1. The quantitative estimate of drug-likeness (QED) is 0.690. The van der Waals surface area contributed by atoms with Crippen LogP contribution in [0.1, 0.15) is 16.3 Å². The minimum atomic E-state index is -0.0950. The highest BCUT2D eigenvalue weighted by Gasteiger charge is 2.12. The summed E-state index contributed by atoms with van der Waals surface area (Å²) in [5, 5.41) is 5.74. The highest BCUT2D eigenvalue weighted by atomic mass is 32.1. The number of rotatable bonds is 7. The number of pyridine rings is 1. The molecule has 0 aliphatic carbocycles. The molecule has 0 aliphatic rings. The molecule has 2 heterocycles. The average molecular weight is 369 g/mol. The van der Waals surface area contributed by atoms with Gasteiger partial charge in [-0.1, -0.05) is 18.2 Å². The van der Waals surface area contributed by atoms with Gasteiger partial charge in [0.25, 0.3) is 0 Å². The summed E-state index contributed by atoms with van der Waals surface area (Å²) in [6.45, 7) is 2.24. The first-order valence-corrected chi connectivity index (χ1v) is 8.96. The molecule has 3 rings (SSSR count). The Bertz CT molecular complexity index is 895. The standard InChI is InChI=1S/C19H19N3O3S/c1-13-22-15(12-26-13)10-18(23)21-11-14-6-5-9-20-19(14)25-17-8-4-3-7-16(17)24-2/h3-9,12H,10-11H2,1-2H3,(H,21,23). The molecule has 0 spiro atoms. The van der Waals surface area contributed by atoms with Crippen LogP contribution in [0.2, 0.25) is 0 Å². The summed E-state index contributed by atoms with van der Waals surface area (Å²) in [6, 6.07) is 11.0. The SMILES string of the molecule is COc1ccccc1Oc1ncccc1CNC(=O)Cc1csc(C)n1. The number of carbonyl (C=O) groups is 1. The normalized spacial score (nSPS) is 10.4. The third kappa shape index (κ3) is 4.58. The monoisotopic (exact) mass is 369 g/mol. The molecule has 0 aliphatic heterocycles. The minimum Gasteiger partial charge on any atom is -0.493 e. The summed E-state index contributed by atoms with van der Waals surface area (Å²) in [5.41, 5.74) is 1.56. The van der Waals surface area contributed by atoms with Gasteiger partial charge in [0.1, 0.15) is 0 Å². The number of hydrogen-bond donors (Lipinski definition) is 1. The molecule has 0 fully saturated rings. The lowest BCUT2D eigenvalue weighted by Gasteiger charge is -2.12. The van der Waals surface area contributed by atoms with E-state index >= 15 is 0 Å². The molecule has 3 aromatic rings. The van der Waals surface area contributed by atoms with E-state index in [1.807, 2.05) is 36.6 Å². The van der Waals surface area contributed by atoms with Crippen LogP contribution in [-0.2, 0) is 17.8 Å². The molecule has 1 aromatic carbocycles. The second-order valence-electron chi connectivity index (χ2n) is 5.53. The first-order chi connectivity index (χ1) is 12.7. The lowest BCUT2D eigenvalue weighted by molar-refractivity contribution is -0.120. The number of methoxy groups -OCH3 is 1. The largest absolute Gasteiger partial charge is 0.493 e. The zero-order chi connectivity index (χ0) is 18.4. The van der Waals surface area contributed by atoms with Crippen molar-refractivity contribution in [2.24, 2.45) is 0 Å². The van der Waals surface area contributed by atoms with Crippen molar-refractivity contribution >= 4 is 17.2 Å². The molecular weight excluding hydrogens is 350 g/mol. The second-order valence-corrected chi connectivity index (χ2v) is 6.59. The van der Waals surface area contributed by atoms with Crippen molar-refractivity contribution in [1.82, 2.24) is 15.3 Å². The molecule has 0 saturated heterocycles. The summed E-state index contributed by atoms with van der Waals surface area (Å²) in [5.74, 6) is 1.52. The summed E-state index contributed by atoms with van der Waals surface area (Å²) in [6.07, 6.45) is 1.90. The van der Waals surface area contributed by atoms with Gasteiger partial charge >= 0.3 is 0 Å². The van der Waals surface area contributed by atoms with Crippen LogP contribution < -0.4 is 14.8 Å². The van der Waals surface area contributed by atoms with E-state index in [0.29, 0.717) is 23.9 Å². The Labute approximate surface area is 155 Å². The highest BCUT2D eigenvalue weighted by molar-refractivity contribution is 7.09. The fourth-order valence-corrected chi connectivity index (χ4v) is 2.98. The molecule has 0 saturated carbocycles. The Morgan fingerprint density at radius 2 is 2.00 bits per heavy atom. The van der Waals surface area contributed by atoms with Crippen LogP contribution in [0.3, 0.4) is 0 Å². The number of thiazole rings is 1. The van der Waals surface area contributed by atoms with Crippen LogP contribution in [-0.4, -0.2) is 23.0 Å². The number of benzene rings is 1. The van der Waals surface area contributed by atoms with Crippen LogP contribution in [0, 0.1) is 6.92 Å². The van der Waals surface area contributed by atoms with Crippen LogP contribution in [0.5, 0.6) is 17.4 Å². The van der Waals surface area contributed by atoms with Crippen molar-refractivity contribution in [3.63, 3.8) is 0 Å². The maximum atomic E-state index is 12.1. The molecule has 7 heteroatoms. The van der Waals surface area contributed by atoms with E-state index in [4.69, 9.17) is 9.47 Å². The van der Waals surface area contributed by atoms with E-state index in [-0.39, 0.29) is 12.3 Å². The third-order valence-electron chi connectivity index (χ3n) is 3.61. The van der Waals surface area contributed by atoms with Gasteiger partial charge in [-0.2, -0.15) is 0 Å². The fraction of sp³-hybridized carbons (Fsp3) is 0.211. The summed E-state index contributed by atoms with van der Waals surface area (Å²) >= 11 is 1.54. The zero-order valence-electron chi connectivity index (χ0n) is 14.6. The summed E-state index contributed by atoms with van der Waals surface area (Å²) in [7, 11) is 1.59. The maximum Gasteiger partial charge on any atom is 0.226 e. The van der Waals surface area contributed by atoms with Crippen LogP contribution >= 0.6 is 11.3 Å². The fourth-order valence-electron chi connectivity index (χ4n) is 2.37. The predicted octanol–water partition coefficient (Wildman–Crippen LogP) is 3.51. The molecule has 26 heavy (non-hydrogen) atoms. The molecule has 0 bridgehead atoms. The van der Waals surface area contributed by atoms with Gasteiger partial charge in [-0.05, 0) is 25.1 Å². The first-order valence-electron chi connectivity index (χ1n) is 8.08. The zero-order valence-corrected chi connectivity index (χ0v) is 15.4. The van der Waals surface area contributed by atoms with Gasteiger partial charge in [-0.15, -0.1) is 11.3 Å². The topological polar surface area (TPSA) is 73.3 Å². The Morgan fingerprint density at radius 3 is 2.73 bits per heavy atom. The Morgan fingerprint density at radius 1 is 1.19 bits per heavy atom. The Kier molecular flexibility index (Phi) is 5.80. The number of para-hydroxylation sites is 2. The van der Waals surface area contributed by atoms with E-state index in [0.717, 1.165) is 16.3 Å². The molecule has 1 amide bonds. The number of nitrogens with one attached hydrogen (secondary N) is 1. The number of aromatic nitrogens is 2. The van der Waals surface area contributed by atoms with Crippen LogP contribution in [0.25, 0.3) is 0 Å². The number of amides is 1. The molecule has 0 atom stereocenters. The van der Waals surface area contributed by atoms with Crippen molar-refractivity contribution in [1.29, 1.82) is 0 Å². The first kappa shape index (κ1) is 17.9. The smallest absolute Gasteiger partial charge is 0.226 e. The van der Waals surface area contributed by atoms with Crippen molar-refractivity contribution in [2.75, 3.05) is 7.11 Å². The van der Waals surface area contributed by atoms with Gasteiger partial charge in [0.15, 0.2) is 11.5 Å². The van der Waals surface area contributed by atoms with Crippen molar-refractivity contribution < 1.29 is 14.3 Å². The van der Waals surface area contributed by atoms with Gasteiger partial charge in [0.05, 0.1) is 24.2 Å². The van der Waals surface area contributed by atoms with E-state index in [1.165, 1.54) is 11.3 Å². The minimum absolute atomic E-state index is 0.0950. The van der Waals surface area contributed by atoms with Crippen LogP contribution in [0.4, 0.5) is 0 Å². The number of nitrogens with zero attached hydrogens (tertiary/aromatic N) is 2. The van der Waals surface area contributed by atoms with Crippen molar-refractivity contribution in [3.8, 4) is 17.4 Å². The van der Waals surface area contributed by atoms with Gasteiger partial charge in [0.2, 0.25) is 11.8 Å². The molecule has 0 unspecified atom stereocenters. The van der Waals surface area contributed by atoms with Gasteiger partial charge < -0.3 is 14.8 Å². The Hall–Kier alpha value is -2.93.